The van der Waals surface area contributed by atoms with Gasteiger partial charge in [0.25, 0.3) is 0 Å². The number of amides is 1. The van der Waals surface area contributed by atoms with Gasteiger partial charge in [-0.25, -0.2) is 0 Å². The first-order valence-corrected chi connectivity index (χ1v) is 9.42. The maximum Gasteiger partial charge on any atom is 0.225 e. The number of hydrogen-bond donors (Lipinski definition) is 1. The van der Waals surface area contributed by atoms with Crippen LogP contribution in [-0.2, 0) is 11.2 Å². The fourth-order valence-corrected chi connectivity index (χ4v) is 3.78. The number of para-hydroxylation sites is 2. The van der Waals surface area contributed by atoms with E-state index >= 15 is 0 Å². The monoisotopic (exact) mass is 385 g/mol. The van der Waals surface area contributed by atoms with E-state index in [0.29, 0.717) is 5.58 Å². The second-order valence-corrected chi connectivity index (χ2v) is 6.98. The summed E-state index contributed by atoms with van der Waals surface area (Å²) >= 11 is 0. The molecule has 5 heteroatoms. The third-order valence-corrected chi connectivity index (χ3v) is 5.20. The van der Waals surface area contributed by atoms with Crippen LogP contribution in [0.4, 0.5) is 0 Å². The largest absolute Gasteiger partial charge is 0.497 e. The SMILES string of the molecule is COc1ccc2c(CC(=O)NC3c4ccccc4Oc4ccccc43)coc2c1. The van der Waals surface area contributed by atoms with E-state index in [4.69, 9.17) is 13.9 Å². The first kappa shape index (κ1) is 17.4. The maximum atomic E-state index is 12.9. The standard InChI is InChI=1S/C24H19NO4/c1-27-16-10-11-17-15(14-28-22(17)13-16)12-23(26)25-24-18-6-2-4-8-20(18)29-21-9-5-3-7-19(21)24/h2-11,13-14,24H,12H2,1H3,(H,25,26). The summed E-state index contributed by atoms with van der Waals surface area (Å²) in [6.07, 6.45) is 1.86. The molecule has 0 saturated heterocycles. The van der Waals surface area contributed by atoms with E-state index in [9.17, 15) is 4.79 Å². The van der Waals surface area contributed by atoms with Crippen LogP contribution in [0.25, 0.3) is 11.0 Å². The molecule has 0 spiro atoms. The number of nitrogens with one attached hydrogen (secondary N) is 1. The molecule has 144 valence electrons. The van der Waals surface area contributed by atoms with Gasteiger partial charge in [0, 0.05) is 28.1 Å². The lowest BCUT2D eigenvalue weighted by molar-refractivity contribution is -0.120. The predicted molar refractivity (Wildman–Crippen MR) is 109 cm³/mol. The van der Waals surface area contributed by atoms with Gasteiger partial charge in [-0.1, -0.05) is 36.4 Å². The summed E-state index contributed by atoms with van der Waals surface area (Å²) in [5.41, 5.74) is 3.44. The fraction of sp³-hybridized carbons (Fsp3) is 0.125. The Morgan fingerprint density at radius 2 is 1.69 bits per heavy atom. The van der Waals surface area contributed by atoms with Crippen molar-refractivity contribution in [3.8, 4) is 17.2 Å². The molecule has 2 heterocycles. The van der Waals surface area contributed by atoms with Gasteiger partial charge >= 0.3 is 0 Å². The van der Waals surface area contributed by atoms with E-state index in [-0.39, 0.29) is 18.4 Å². The molecule has 0 atom stereocenters. The summed E-state index contributed by atoms with van der Waals surface area (Å²) in [7, 11) is 1.61. The van der Waals surface area contributed by atoms with Gasteiger partial charge < -0.3 is 19.2 Å². The number of hydrogen-bond acceptors (Lipinski definition) is 4. The van der Waals surface area contributed by atoms with Gasteiger partial charge in [-0.05, 0) is 24.3 Å². The zero-order valence-corrected chi connectivity index (χ0v) is 15.8. The van der Waals surface area contributed by atoms with E-state index in [1.165, 1.54) is 0 Å². The Hall–Kier alpha value is -3.73. The van der Waals surface area contributed by atoms with E-state index in [2.05, 4.69) is 5.32 Å². The highest BCUT2D eigenvalue weighted by Gasteiger charge is 2.28. The van der Waals surface area contributed by atoms with Gasteiger partial charge in [-0.3, -0.25) is 4.79 Å². The summed E-state index contributed by atoms with van der Waals surface area (Å²) in [6, 6.07) is 20.9. The van der Waals surface area contributed by atoms with Gasteiger partial charge in [0.15, 0.2) is 0 Å². The second-order valence-electron chi connectivity index (χ2n) is 6.98. The van der Waals surface area contributed by atoms with Crippen LogP contribution in [0.2, 0.25) is 0 Å². The highest BCUT2D eigenvalue weighted by atomic mass is 16.5. The molecule has 0 radical (unpaired) electrons. The third kappa shape index (κ3) is 3.10. The third-order valence-electron chi connectivity index (χ3n) is 5.20. The Kier molecular flexibility index (Phi) is 4.21. The molecule has 0 fully saturated rings. The van der Waals surface area contributed by atoms with Crippen molar-refractivity contribution in [2.75, 3.05) is 7.11 Å². The van der Waals surface area contributed by atoms with Crippen molar-refractivity contribution in [2.45, 2.75) is 12.5 Å². The minimum Gasteiger partial charge on any atom is -0.497 e. The zero-order valence-electron chi connectivity index (χ0n) is 15.8. The molecule has 4 aromatic rings. The molecule has 0 bridgehead atoms. The molecule has 29 heavy (non-hydrogen) atoms. The molecule has 0 saturated carbocycles. The lowest BCUT2D eigenvalue weighted by Crippen LogP contribution is -2.32. The van der Waals surface area contributed by atoms with Gasteiger partial charge in [0.05, 0.1) is 25.8 Å². The van der Waals surface area contributed by atoms with Crippen molar-refractivity contribution < 1.29 is 18.7 Å². The van der Waals surface area contributed by atoms with E-state index in [1.54, 1.807) is 13.4 Å². The van der Waals surface area contributed by atoms with Crippen LogP contribution in [0.5, 0.6) is 17.2 Å². The average Bonchev–Trinajstić information content (AvgIpc) is 3.15. The normalized spacial score (nSPS) is 12.7. The minimum atomic E-state index is -0.262. The molecule has 0 unspecified atom stereocenters. The molecule has 5 nitrogen and oxygen atoms in total. The van der Waals surface area contributed by atoms with Crippen molar-refractivity contribution in [3.63, 3.8) is 0 Å². The molecule has 1 amide bonds. The molecule has 1 aliphatic heterocycles. The number of carbonyl (C=O) groups is 1. The van der Waals surface area contributed by atoms with Crippen LogP contribution in [0.15, 0.2) is 77.4 Å². The Bertz CT molecular complexity index is 1160. The number of fused-ring (bicyclic) bond motifs is 3. The van der Waals surface area contributed by atoms with Crippen LogP contribution in [0.3, 0.4) is 0 Å². The Morgan fingerprint density at radius 3 is 2.38 bits per heavy atom. The highest BCUT2D eigenvalue weighted by Crippen LogP contribution is 2.42. The van der Waals surface area contributed by atoms with Crippen LogP contribution in [0, 0.1) is 0 Å². The predicted octanol–water partition coefficient (Wildman–Crippen LogP) is 5.00. The van der Waals surface area contributed by atoms with E-state index < -0.39 is 0 Å². The molecular formula is C24H19NO4. The lowest BCUT2D eigenvalue weighted by atomic mass is 9.94. The molecule has 5 rings (SSSR count). The van der Waals surface area contributed by atoms with Crippen LogP contribution < -0.4 is 14.8 Å². The Morgan fingerprint density at radius 1 is 1.00 bits per heavy atom. The van der Waals surface area contributed by atoms with E-state index in [0.717, 1.165) is 39.3 Å². The van der Waals surface area contributed by atoms with Gasteiger partial charge in [-0.2, -0.15) is 0 Å². The number of methoxy groups -OCH3 is 1. The van der Waals surface area contributed by atoms with Crippen molar-refractivity contribution >= 4 is 16.9 Å². The quantitative estimate of drug-likeness (QED) is 0.537. The minimum absolute atomic E-state index is 0.0833. The average molecular weight is 385 g/mol. The van der Waals surface area contributed by atoms with Crippen LogP contribution >= 0.6 is 0 Å². The van der Waals surface area contributed by atoms with Crippen LogP contribution in [0.1, 0.15) is 22.7 Å². The van der Waals surface area contributed by atoms with Gasteiger partial charge in [0.2, 0.25) is 5.91 Å². The second kappa shape index (κ2) is 7.02. The zero-order chi connectivity index (χ0) is 19.8. The lowest BCUT2D eigenvalue weighted by Gasteiger charge is -2.28. The Labute approximate surface area is 167 Å². The van der Waals surface area contributed by atoms with Crippen LogP contribution in [-0.4, -0.2) is 13.0 Å². The summed E-state index contributed by atoms with van der Waals surface area (Å²) in [4.78, 5) is 12.9. The number of ether oxygens (including phenoxy) is 2. The molecule has 1 aromatic heterocycles. The molecular weight excluding hydrogens is 366 g/mol. The number of rotatable bonds is 4. The van der Waals surface area contributed by atoms with Crippen molar-refractivity contribution in [1.29, 1.82) is 0 Å². The summed E-state index contributed by atoms with van der Waals surface area (Å²) in [5, 5.41) is 4.08. The molecule has 1 N–H and O–H groups in total. The van der Waals surface area contributed by atoms with Crippen molar-refractivity contribution in [1.82, 2.24) is 5.32 Å². The highest BCUT2D eigenvalue weighted by molar-refractivity contribution is 5.88. The Balaban J connectivity index is 1.43. The van der Waals surface area contributed by atoms with Crippen molar-refractivity contribution in [3.05, 3.63) is 89.7 Å². The number of benzene rings is 3. The first-order valence-electron chi connectivity index (χ1n) is 9.42. The number of furan rings is 1. The van der Waals surface area contributed by atoms with Gasteiger partial charge in [0.1, 0.15) is 22.8 Å². The smallest absolute Gasteiger partial charge is 0.225 e. The van der Waals surface area contributed by atoms with E-state index in [1.807, 2.05) is 66.7 Å². The summed E-state index contributed by atoms with van der Waals surface area (Å²) in [6.45, 7) is 0. The first-order chi connectivity index (χ1) is 14.2. The van der Waals surface area contributed by atoms with Gasteiger partial charge in [-0.15, -0.1) is 0 Å². The summed E-state index contributed by atoms with van der Waals surface area (Å²) < 4.78 is 16.8. The molecule has 1 aliphatic rings. The maximum absolute atomic E-state index is 12.9. The molecule has 0 aliphatic carbocycles. The summed E-state index contributed by atoms with van der Waals surface area (Å²) in [5.74, 6) is 2.16. The molecule has 3 aromatic carbocycles. The number of carbonyl (C=O) groups excluding carboxylic acids is 1. The van der Waals surface area contributed by atoms with Crippen molar-refractivity contribution in [2.24, 2.45) is 0 Å². The topological polar surface area (TPSA) is 60.7 Å². The fourth-order valence-electron chi connectivity index (χ4n) is 3.78.